The second-order valence-corrected chi connectivity index (χ2v) is 4.83. The second kappa shape index (κ2) is 4.86. The van der Waals surface area contributed by atoms with Gasteiger partial charge in [0.25, 0.3) is 0 Å². The quantitative estimate of drug-likeness (QED) is 0.757. The molecule has 5 nitrogen and oxygen atoms in total. The van der Waals surface area contributed by atoms with Crippen LogP contribution in [0, 0.1) is 5.41 Å². The Morgan fingerprint density at radius 1 is 1.56 bits per heavy atom. The van der Waals surface area contributed by atoms with Gasteiger partial charge in [-0.2, -0.15) is 0 Å². The predicted molar refractivity (Wildman–Crippen MR) is 68.9 cm³/mol. The first kappa shape index (κ1) is 12.7. The van der Waals surface area contributed by atoms with E-state index in [1.165, 1.54) is 13.2 Å². The average Bonchev–Trinajstić information content (AvgIpc) is 2.78. The highest BCUT2D eigenvalue weighted by atomic mass is 16.5. The molecule has 1 aliphatic heterocycles. The number of amides is 1. The first-order valence-electron chi connectivity index (χ1n) is 5.94. The van der Waals surface area contributed by atoms with E-state index in [1.807, 2.05) is 6.92 Å². The van der Waals surface area contributed by atoms with Crippen molar-refractivity contribution >= 4 is 11.6 Å². The van der Waals surface area contributed by atoms with Crippen molar-refractivity contribution in [3.05, 3.63) is 18.2 Å². The minimum atomic E-state index is -0.379. The van der Waals surface area contributed by atoms with E-state index < -0.39 is 0 Å². The molecule has 1 heterocycles. The molecule has 1 aromatic rings. The average molecular weight is 250 g/mol. The van der Waals surface area contributed by atoms with Gasteiger partial charge in [0.2, 0.25) is 5.91 Å². The summed E-state index contributed by atoms with van der Waals surface area (Å²) in [6.07, 6.45) is 0.820. The number of phenols is 1. The summed E-state index contributed by atoms with van der Waals surface area (Å²) in [5.41, 5.74) is 0.196. The number of anilines is 1. The van der Waals surface area contributed by atoms with Gasteiger partial charge in [0.05, 0.1) is 12.5 Å². The van der Waals surface area contributed by atoms with Crippen molar-refractivity contribution in [2.75, 3.05) is 25.5 Å². The van der Waals surface area contributed by atoms with Crippen LogP contribution in [-0.4, -0.2) is 31.2 Å². The van der Waals surface area contributed by atoms with E-state index >= 15 is 0 Å². The summed E-state index contributed by atoms with van der Waals surface area (Å²) in [7, 11) is 1.48. The summed E-state index contributed by atoms with van der Waals surface area (Å²) in [4.78, 5) is 12.1. The van der Waals surface area contributed by atoms with Crippen molar-refractivity contribution in [2.24, 2.45) is 5.41 Å². The number of benzene rings is 1. The van der Waals surface area contributed by atoms with Crippen LogP contribution >= 0.6 is 0 Å². The van der Waals surface area contributed by atoms with Gasteiger partial charge in [-0.1, -0.05) is 0 Å². The van der Waals surface area contributed by atoms with Gasteiger partial charge in [0.1, 0.15) is 0 Å². The third kappa shape index (κ3) is 2.41. The maximum atomic E-state index is 12.1. The molecule has 0 radical (unpaired) electrons. The molecule has 0 saturated carbocycles. The highest BCUT2D eigenvalue weighted by molar-refractivity contribution is 5.95. The van der Waals surface area contributed by atoms with Crippen LogP contribution < -0.4 is 15.4 Å². The Morgan fingerprint density at radius 2 is 2.33 bits per heavy atom. The lowest BCUT2D eigenvalue weighted by atomic mass is 9.89. The Balaban J connectivity index is 2.09. The summed E-state index contributed by atoms with van der Waals surface area (Å²) in [6.45, 7) is 3.48. The number of hydrogen-bond donors (Lipinski definition) is 3. The Labute approximate surface area is 106 Å². The standard InChI is InChI=1S/C13H18N2O3/c1-13(5-6-14-8-13)12(17)15-9-3-4-11(18-2)10(16)7-9/h3-4,7,14,16H,5-6,8H2,1-2H3,(H,15,17). The van der Waals surface area contributed by atoms with Crippen molar-refractivity contribution in [3.63, 3.8) is 0 Å². The molecule has 1 aliphatic rings. The summed E-state index contributed by atoms with van der Waals surface area (Å²) >= 11 is 0. The van der Waals surface area contributed by atoms with Crippen LogP contribution in [0.15, 0.2) is 18.2 Å². The molecular weight excluding hydrogens is 232 g/mol. The summed E-state index contributed by atoms with van der Waals surface area (Å²) < 4.78 is 4.95. The van der Waals surface area contributed by atoms with Gasteiger partial charge in [0.15, 0.2) is 11.5 Å². The van der Waals surface area contributed by atoms with E-state index in [9.17, 15) is 9.90 Å². The summed E-state index contributed by atoms with van der Waals surface area (Å²) in [6, 6.07) is 4.82. The summed E-state index contributed by atoms with van der Waals surface area (Å²) in [5.74, 6) is 0.379. The van der Waals surface area contributed by atoms with Crippen molar-refractivity contribution in [3.8, 4) is 11.5 Å². The predicted octanol–water partition coefficient (Wildman–Crippen LogP) is 1.34. The fourth-order valence-electron chi connectivity index (χ4n) is 2.06. The number of nitrogens with one attached hydrogen (secondary N) is 2. The van der Waals surface area contributed by atoms with Gasteiger partial charge in [-0.25, -0.2) is 0 Å². The smallest absolute Gasteiger partial charge is 0.231 e. The molecule has 0 spiro atoms. The van der Waals surface area contributed by atoms with Crippen molar-refractivity contribution in [1.82, 2.24) is 5.32 Å². The van der Waals surface area contributed by atoms with Gasteiger partial charge < -0.3 is 20.5 Å². The van der Waals surface area contributed by atoms with Gasteiger partial charge >= 0.3 is 0 Å². The normalized spacial score (nSPS) is 22.8. The van der Waals surface area contributed by atoms with Crippen LogP contribution in [0.1, 0.15) is 13.3 Å². The number of carbonyl (C=O) groups is 1. The molecule has 1 saturated heterocycles. The largest absolute Gasteiger partial charge is 0.504 e. The van der Waals surface area contributed by atoms with E-state index in [2.05, 4.69) is 10.6 Å². The number of hydrogen-bond acceptors (Lipinski definition) is 4. The lowest BCUT2D eigenvalue weighted by Crippen LogP contribution is -2.35. The maximum Gasteiger partial charge on any atom is 0.231 e. The van der Waals surface area contributed by atoms with Gasteiger partial charge in [-0.15, -0.1) is 0 Å². The molecule has 3 N–H and O–H groups in total. The number of rotatable bonds is 3. The number of phenolic OH excluding ortho intramolecular Hbond substituents is 1. The van der Waals surface area contributed by atoms with E-state index in [4.69, 9.17) is 4.74 Å². The van der Waals surface area contributed by atoms with Gasteiger partial charge in [0, 0.05) is 18.3 Å². The Bertz CT molecular complexity index is 454. The Hall–Kier alpha value is -1.75. The number of carbonyl (C=O) groups excluding carboxylic acids is 1. The van der Waals surface area contributed by atoms with Crippen LogP contribution in [-0.2, 0) is 4.79 Å². The number of aromatic hydroxyl groups is 1. The topological polar surface area (TPSA) is 70.6 Å². The van der Waals surface area contributed by atoms with E-state index in [-0.39, 0.29) is 17.1 Å². The Kier molecular flexibility index (Phi) is 3.43. The molecule has 2 rings (SSSR count). The molecule has 1 unspecified atom stereocenters. The minimum Gasteiger partial charge on any atom is -0.504 e. The van der Waals surface area contributed by atoms with Crippen LogP contribution in [0.25, 0.3) is 0 Å². The van der Waals surface area contributed by atoms with Crippen molar-refractivity contribution < 1.29 is 14.6 Å². The van der Waals surface area contributed by atoms with Crippen LogP contribution in [0.5, 0.6) is 11.5 Å². The monoisotopic (exact) mass is 250 g/mol. The molecule has 5 heteroatoms. The molecule has 1 atom stereocenters. The van der Waals surface area contributed by atoms with Crippen molar-refractivity contribution in [1.29, 1.82) is 0 Å². The zero-order valence-corrected chi connectivity index (χ0v) is 10.6. The third-order valence-corrected chi connectivity index (χ3v) is 3.35. The fourth-order valence-corrected chi connectivity index (χ4v) is 2.06. The SMILES string of the molecule is COc1ccc(NC(=O)C2(C)CCNC2)cc1O. The van der Waals surface area contributed by atoms with Crippen molar-refractivity contribution in [2.45, 2.75) is 13.3 Å². The third-order valence-electron chi connectivity index (χ3n) is 3.35. The van der Waals surface area contributed by atoms with Gasteiger partial charge in [-0.05, 0) is 32.0 Å². The zero-order chi connectivity index (χ0) is 13.2. The second-order valence-electron chi connectivity index (χ2n) is 4.83. The number of ether oxygens (including phenoxy) is 1. The molecule has 1 amide bonds. The molecule has 1 aromatic carbocycles. The molecule has 1 fully saturated rings. The molecule has 0 bridgehead atoms. The van der Waals surface area contributed by atoms with E-state index in [1.54, 1.807) is 12.1 Å². The first-order chi connectivity index (χ1) is 8.55. The highest BCUT2D eigenvalue weighted by Crippen LogP contribution is 2.31. The van der Waals surface area contributed by atoms with Crippen LogP contribution in [0.2, 0.25) is 0 Å². The zero-order valence-electron chi connectivity index (χ0n) is 10.6. The minimum absolute atomic E-state index is 0.0185. The fraction of sp³-hybridized carbons (Fsp3) is 0.462. The van der Waals surface area contributed by atoms with Crippen LogP contribution in [0.4, 0.5) is 5.69 Å². The summed E-state index contributed by atoms with van der Waals surface area (Å²) in [5, 5.41) is 15.6. The number of methoxy groups -OCH3 is 1. The Morgan fingerprint density at radius 3 is 2.89 bits per heavy atom. The maximum absolute atomic E-state index is 12.1. The van der Waals surface area contributed by atoms with E-state index in [0.29, 0.717) is 18.0 Å². The van der Waals surface area contributed by atoms with E-state index in [0.717, 1.165) is 13.0 Å². The lowest BCUT2D eigenvalue weighted by Gasteiger charge is -2.21. The lowest BCUT2D eigenvalue weighted by molar-refractivity contribution is -0.123. The molecular formula is C13H18N2O3. The van der Waals surface area contributed by atoms with Crippen LogP contribution in [0.3, 0.4) is 0 Å². The van der Waals surface area contributed by atoms with Gasteiger partial charge in [-0.3, -0.25) is 4.79 Å². The molecule has 18 heavy (non-hydrogen) atoms. The molecule has 98 valence electrons. The molecule has 0 aromatic heterocycles. The molecule has 0 aliphatic carbocycles. The highest BCUT2D eigenvalue weighted by Gasteiger charge is 2.36. The first-order valence-corrected chi connectivity index (χ1v) is 5.94.